The maximum absolute atomic E-state index is 13.1. The minimum absolute atomic E-state index is 0.263. The predicted molar refractivity (Wildman–Crippen MR) is 127 cm³/mol. The Bertz CT molecular complexity index is 1290. The van der Waals surface area contributed by atoms with Gasteiger partial charge in [0.15, 0.2) is 0 Å². The fraction of sp³-hybridized carbons (Fsp3) is 0.174. The number of carbonyl (C=O) groups is 2. The molecule has 0 aliphatic rings. The third-order valence-electron chi connectivity index (χ3n) is 4.96. The topological polar surface area (TPSA) is 94.3 Å². The molecular formula is C23H21N3O3S2. The van der Waals surface area contributed by atoms with Crippen LogP contribution in [0.25, 0.3) is 21.5 Å². The quantitative estimate of drug-likeness (QED) is 0.382. The van der Waals surface area contributed by atoms with Crippen LogP contribution in [0, 0.1) is 13.8 Å². The lowest BCUT2D eigenvalue weighted by molar-refractivity contribution is 0.0527. The number of carbonyl (C=O) groups excluding carboxylic acids is 2. The zero-order valence-corrected chi connectivity index (χ0v) is 18.9. The highest BCUT2D eigenvalue weighted by atomic mass is 32.1. The Balaban J connectivity index is 1.68. The van der Waals surface area contributed by atoms with Gasteiger partial charge >= 0.3 is 5.97 Å². The molecule has 1 aromatic carbocycles. The van der Waals surface area contributed by atoms with Crippen molar-refractivity contribution < 1.29 is 14.3 Å². The number of hydrogen-bond acceptors (Lipinski definition) is 7. The molecule has 0 atom stereocenters. The van der Waals surface area contributed by atoms with E-state index >= 15 is 0 Å². The van der Waals surface area contributed by atoms with Gasteiger partial charge in [-0.3, -0.25) is 4.79 Å². The Morgan fingerprint density at radius 1 is 1.10 bits per heavy atom. The monoisotopic (exact) mass is 451 g/mol. The number of aromatic nitrogens is 1. The van der Waals surface area contributed by atoms with Gasteiger partial charge in [-0.05, 0) is 38.5 Å². The second-order valence-corrected chi connectivity index (χ2v) is 9.15. The fourth-order valence-electron chi connectivity index (χ4n) is 3.26. The smallest absolute Gasteiger partial charge is 0.341 e. The largest absolute Gasteiger partial charge is 0.462 e. The Morgan fingerprint density at radius 3 is 2.55 bits per heavy atom. The number of rotatable bonds is 5. The predicted octanol–water partition coefficient (Wildman–Crippen LogP) is 5.65. The standard InChI is InChI=1S/C23H21N3O3S2/c1-4-29-23(28)17-12(2)13(3)30-22(17)26-20(27)19-18(24)15-10-11-16(25-21(15)31-19)14-8-6-5-7-9-14/h5-11H,4,24H2,1-3H3,(H,26,27). The van der Waals surface area contributed by atoms with Crippen LogP contribution in [0.4, 0.5) is 10.7 Å². The number of amides is 1. The molecule has 8 heteroatoms. The molecule has 3 aromatic heterocycles. The van der Waals surface area contributed by atoms with Crippen molar-refractivity contribution in [2.24, 2.45) is 0 Å². The van der Waals surface area contributed by atoms with Crippen LogP contribution < -0.4 is 11.1 Å². The highest BCUT2D eigenvalue weighted by molar-refractivity contribution is 7.21. The third-order valence-corrected chi connectivity index (χ3v) is 7.20. The van der Waals surface area contributed by atoms with Crippen LogP contribution in [0.3, 0.4) is 0 Å². The van der Waals surface area contributed by atoms with E-state index < -0.39 is 5.97 Å². The van der Waals surface area contributed by atoms with Gasteiger partial charge in [-0.25, -0.2) is 9.78 Å². The SMILES string of the molecule is CCOC(=O)c1c(NC(=O)c2sc3nc(-c4ccccc4)ccc3c2N)sc(C)c1C. The number of thiophene rings is 2. The Labute approximate surface area is 187 Å². The summed E-state index contributed by atoms with van der Waals surface area (Å²) in [5, 5.41) is 4.06. The van der Waals surface area contributed by atoms with E-state index in [-0.39, 0.29) is 12.5 Å². The van der Waals surface area contributed by atoms with E-state index in [4.69, 9.17) is 15.5 Å². The lowest BCUT2D eigenvalue weighted by Crippen LogP contribution is -2.15. The minimum atomic E-state index is -0.446. The van der Waals surface area contributed by atoms with Crippen LogP contribution in [0.15, 0.2) is 42.5 Å². The molecule has 0 fully saturated rings. The molecule has 4 aromatic rings. The second-order valence-electron chi connectivity index (χ2n) is 6.92. The van der Waals surface area contributed by atoms with E-state index in [0.29, 0.717) is 26.0 Å². The van der Waals surface area contributed by atoms with Crippen molar-refractivity contribution in [1.82, 2.24) is 4.98 Å². The number of anilines is 2. The first kappa shape index (κ1) is 21.0. The summed E-state index contributed by atoms with van der Waals surface area (Å²) in [4.78, 5) is 32.1. The van der Waals surface area contributed by atoms with Gasteiger partial charge in [0.05, 0.1) is 23.6 Å². The van der Waals surface area contributed by atoms with Crippen LogP contribution in [-0.4, -0.2) is 23.5 Å². The van der Waals surface area contributed by atoms with E-state index in [1.807, 2.05) is 56.3 Å². The zero-order chi connectivity index (χ0) is 22.1. The fourth-order valence-corrected chi connectivity index (χ4v) is 5.29. The number of fused-ring (bicyclic) bond motifs is 1. The molecule has 0 radical (unpaired) electrons. The average molecular weight is 452 g/mol. The van der Waals surface area contributed by atoms with E-state index in [9.17, 15) is 9.59 Å². The maximum atomic E-state index is 13.1. The molecular weight excluding hydrogens is 430 g/mol. The molecule has 0 saturated heterocycles. The second kappa shape index (κ2) is 8.49. The Hall–Kier alpha value is -3.23. The van der Waals surface area contributed by atoms with Gasteiger partial charge < -0.3 is 15.8 Å². The van der Waals surface area contributed by atoms with Crippen molar-refractivity contribution in [3.05, 3.63) is 63.3 Å². The summed E-state index contributed by atoms with van der Waals surface area (Å²) < 4.78 is 5.16. The van der Waals surface area contributed by atoms with Gasteiger partial charge in [-0.2, -0.15) is 0 Å². The third kappa shape index (κ3) is 3.92. The molecule has 4 rings (SSSR count). The van der Waals surface area contributed by atoms with Crippen molar-refractivity contribution >= 4 is 55.5 Å². The first-order valence-electron chi connectivity index (χ1n) is 9.73. The number of hydrogen-bond donors (Lipinski definition) is 2. The summed E-state index contributed by atoms with van der Waals surface area (Å²) in [6.07, 6.45) is 0. The van der Waals surface area contributed by atoms with Crippen molar-refractivity contribution in [3.8, 4) is 11.3 Å². The van der Waals surface area contributed by atoms with E-state index in [1.54, 1.807) is 6.92 Å². The molecule has 31 heavy (non-hydrogen) atoms. The molecule has 6 nitrogen and oxygen atoms in total. The number of nitrogens with zero attached hydrogens (tertiary/aromatic N) is 1. The molecule has 3 heterocycles. The van der Waals surface area contributed by atoms with Crippen molar-refractivity contribution in [2.45, 2.75) is 20.8 Å². The van der Waals surface area contributed by atoms with E-state index in [2.05, 4.69) is 5.32 Å². The molecule has 0 aliphatic carbocycles. The summed E-state index contributed by atoms with van der Waals surface area (Å²) in [5.41, 5.74) is 9.67. The Morgan fingerprint density at radius 2 is 1.84 bits per heavy atom. The molecule has 158 valence electrons. The van der Waals surface area contributed by atoms with Crippen LogP contribution >= 0.6 is 22.7 Å². The van der Waals surface area contributed by atoms with Gasteiger partial charge in [-0.1, -0.05) is 30.3 Å². The number of esters is 1. The number of ether oxygens (including phenoxy) is 1. The summed E-state index contributed by atoms with van der Waals surface area (Å²) >= 11 is 2.58. The van der Waals surface area contributed by atoms with Gasteiger partial charge in [0.25, 0.3) is 5.91 Å². The summed E-state index contributed by atoms with van der Waals surface area (Å²) in [5.74, 6) is -0.813. The molecule has 3 N–H and O–H groups in total. The van der Waals surface area contributed by atoms with Crippen LogP contribution in [0.1, 0.15) is 37.4 Å². The van der Waals surface area contributed by atoms with Crippen molar-refractivity contribution in [3.63, 3.8) is 0 Å². The van der Waals surface area contributed by atoms with Gasteiger partial charge in [0, 0.05) is 15.8 Å². The van der Waals surface area contributed by atoms with E-state index in [0.717, 1.165) is 27.1 Å². The number of nitrogens with one attached hydrogen (secondary N) is 1. The number of nitrogens with two attached hydrogens (primary N) is 1. The lowest BCUT2D eigenvalue weighted by Gasteiger charge is -2.06. The van der Waals surface area contributed by atoms with Crippen LogP contribution in [-0.2, 0) is 4.74 Å². The molecule has 1 amide bonds. The van der Waals surface area contributed by atoms with Crippen molar-refractivity contribution in [1.29, 1.82) is 0 Å². The summed E-state index contributed by atoms with van der Waals surface area (Å²) in [6, 6.07) is 13.6. The average Bonchev–Trinajstić information content (AvgIpc) is 3.24. The van der Waals surface area contributed by atoms with Gasteiger partial charge in [-0.15, -0.1) is 22.7 Å². The van der Waals surface area contributed by atoms with Crippen LogP contribution in [0.5, 0.6) is 0 Å². The molecule has 0 unspecified atom stereocenters. The maximum Gasteiger partial charge on any atom is 0.341 e. The molecule has 0 aliphatic heterocycles. The molecule has 0 saturated carbocycles. The van der Waals surface area contributed by atoms with Gasteiger partial charge in [0.2, 0.25) is 0 Å². The highest BCUT2D eigenvalue weighted by Crippen LogP contribution is 2.37. The number of benzene rings is 1. The zero-order valence-electron chi connectivity index (χ0n) is 17.3. The molecule has 0 spiro atoms. The lowest BCUT2D eigenvalue weighted by atomic mass is 10.1. The van der Waals surface area contributed by atoms with Gasteiger partial charge in [0.1, 0.15) is 14.7 Å². The molecule has 0 bridgehead atoms. The van der Waals surface area contributed by atoms with Crippen molar-refractivity contribution in [2.75, 3.05) is 17.7 Å². The summed E-state index contributed by atoms with van der Waals surface area (Å²) in [6.45, 7) is 5.76. The first-order chi connectivity index (χ1) is 14.9. The highest BCUT2D eigenvalue weighted by Gasteiger charge is 2.24. The van der Waals surface area contributed by atoms with Crippen LogP contribution in [0.2, 0.25) is 0 Å². The first-order valence-corrected chi connectivity index (χ1v) is 11.4. The normalized spacial score (nSPS) is 10.9. The van der Waals surface area contributed by atoms with E-state index in [1.165, 1.54) is 22.7 Å². The minimum Gasteiger partial charge on any atom is -0.462 e. The summed E-state index contributed by atoms with van der Waals surface area (Å²) in [7, 11) is 0. The number of pyridine rings is 1. The number of nitrogen functional groups attached to an aromatic ring is 1. The number of aryl methyl sites for hydroxylation is 1. The Kier molecular flexibility index (Phi) is 5.75.